The topological polar surface area (TPSA) is 63.5 Å². The number of rotatable bonds is 9. The van der Waals surface area contributed by atoms with Crippen LogP contribution >= 0.6 is 11.6 Å². The Kier molecular flexibility index (Phi) is 7.20. The molecule has 1 heterocycles. The van der Waals surface area contributed by atoms with Gasteiger partial charge < -0.3 is 19.7 Å². The monoisotopic (exact) mass is 480 g/mol. The van der Waals surface area contributed by atoms with Crippen LogP contribution in [0.4, 0.5) is 4.39 Å². The van der Waals surface area contributed by atoms with Gasteiger partial charge in [0.05, 0.1) is 12.6 Å². The summed E-state index contributed by atoms with van der Waals surface area (Å²) in [6.45, 7) is 3.37. The lowest BCUT2D eigenvalue weighted by Gasteiger charge is -2.12. The predicted molar refractivity (Wildman–Crippen MR) is 133 cm³/mol. The summed E-state index contributed by atoms with van der Waals surface area (Å²) in [7, 11) is 1.57. The number of carboxylic acid groups (broad SMARTS) is 1. The Morgan fingerprint density at radius 3 is 2.62 bits per heavy atom. The van der Waals surface area contributed by atoms with Gasteiger partial charge in [0.25, 0.3) is 0 Å². The highest BCUT2D eigenvalue weighted by molar-refractivity contribution is 6.31. The highest BCUT2D eigenvalue weighted by atomic mass is 35.5. The molecule has 0 unspecified atom stereocenters. The zero-order chi connectivity index (χ0) is 24.2. The molecular formula is C27H26ClFN2O3. The van der Waals surface area contributed by atoms with Crippen LogP contribution < -0.4 is 10.1 Å². The van der Waals surface area contributed by atoms with Crippen molar-refractivity contribution in [3.63, 3.8) is 0 Å². The van der Waals surface area contributed by atoms with E-state index < -0.39 is 11.8 Å². The number of fused-ring (bicyclic) bond motifs is 1. The molecule has 1 aromatic heterocycles. The van der Waals surface area contributed by atoms with E-state index in [0.717, 1.165) is 11.8 Å². The standard InChI is InChI=1S/C27H26ClFN2O3/c1-17-5-3-4-6-18(17)11-12-30-15-23-22-10-9-21(34-2)14-25(22)31(26(23)27(32)33)16-19-7-8-20(29)13-24(19)28/h3-10,13-14,30H,11-12,15-16H2,1-2H3,(H,32,33). The molecule has 4 rings (SSSR count). The first-order valence-electron chi connectivity index (χ1n) is 11.0. The van der Waals surface area contributed by atoms with Crippen molar-refractivity contribution in [2.75, 3.05) is 13.7 Å². The average Bonchev–Trinajstić information content (AvgIpc) is 3.12. The molecule has 0 saturated heterocycles. The number of hydrogen-bond donors (Lipinski definition) is 2. The van der Waals surface area contributed by atoms with Crippen molar-refractivity contribution in [2.24, 2.45) is 0 Å². The number of nitrogens with one attached hydrogen (secondary N) is 1. The minimum Gasteiger partial charge on any atom is -0.497 e. The van der Waals surface area contributed by atoms with Crippen LogP contribution in [0.25, 0.3) is 10.9 Å². The fourth-order valence-corrected chi connectivity index (χ4v) is 4.49. The second kappa shape index (κ2) is 10.3. The predicted octanol–water partition coefficient (Wildman–Crippen LogP) is 5.83. The van der Waals surface area contributed by atoms with E-state index in [1.807, 2.05) is 30.3 Å². The van der Waals surface area contributed by atoms with E-state index in [4.69, 9.17) is 16.3 Å². The summed E-state index contributed by atoms with van der Waals surface area (Å²) in [5.74, 6) is -0.860. The van der Waals surface area contributed by atoms with Crippen molar-refractivity contribution in [2.45, 2.75) is 26.4 Å². The zero-order valence-electron chi connectivity index (χ0n) is 19.1. The van der Waals surface area contributed by atoms with Crippen molar-refractivity contribution in [1.82, 2.24) is 9.88 Å². The van der Waals surface area contributed by atoms with Gasteiger partial charge >= 0.3 is 5.97 Å². The molecule has 4 aromatic rings. The molecule has 176 valence electrons. The summed E-state index contributed by atoms with van der Waals surface area (Å²) in [6.07, 6.45) is 0.840. The fraction of sp³-hybridized carbons (Fsp3) is 0.222. The third-order valence-electron chi connectivity index (χ3n) is 6.06. The maximum Gasteiger partial charge on any atom is 0.352 e. The summed E-state index contributed by atoms with van der Waals surface area (Å²) in [4.78, 5) is 12.4. The van der Waals surface area contributed by atoms with Crippen molar-refractivity contribution < 1.29 is 19.0 Å². The smallest absolute Gasteiger partial charge is 0.352 e. The number of halogens is 2. The van der Waals surface area contributed by atoms with Gasteiger partial charge in [0.15, 0.2) is 0 Å². The van der Waals surface area contributed by atoms with Crippen molar-refractivity contribution in [1.29, 1.82) is 0 Å². The Morgan fingerprint density at radius 2 is 1.91 bits per heavy atom. The number of aromatic nitrogens is 1. The molecule has 5 nitrogen and oxygen atoms in total. The van der Waals surface area contributed by atoms with E-state index >= 15 is 0 Å². The van der Waals surface area contributed by atoms with Crippen LogP contribution in [0.3, 0.4) is 0 Å². The molecule has 0 aliphatic heterocycles. The van der Waals surface area contributed by atoms with Gasteiger partial charge in [-0.2, -0.15) is 0 Å². The molecule has 0 amide bonds. The van der Waals surface area contributed by atoms with Gasteiger partial charge in [-0.1, -0.05) is 41.9 Å². The first kappa shape index (κ1) is 23.8. The van der Waals surface area contributed by atoms with Crippen LogP contribution in [-0.2, 0) is 19.5 Å². The number of benzene rings is 3. The van der Waals surface area contributed by atoms with Crippen LogP contribution in [0, 0.1) is 12.7 Å². The number of carboxylic acids is 1. The molecule has 34 heavy (non-hydrogen) atoms. The molecule has 0 aliphatic carbocycles. The second-order valence-corrected chi connectivity index (χ2v) is 8.60. The van der Waals surface area contributed by atoms with Crippen molar-refractivity contribution in [3.8, 4) is 5.75 Å². The van der Waals surface area contributed by atoms with E-state index in [0.29, 0.717) is 35.5 Å². The average molecular weight is 481 g/mol. The first-order chi connectivity index (χ1) is 16.4. The van der Waals surface area contributed by atoms with Gasteiger partial charge in [0, 0.05) is 35.1 Å². The second-order valence-electron chi connectivity index (χ2n) is 8.19. The third-order valence-corrected chi connectivity index (χ3v) is 6.41. The normalized spacial score (nSPS) is 11.2. The third kappa shape index (κ3) is 4.93. The highest BCUT2D eigenvalue weighted by Gasteiger charge is 2.23. The van der Waals surface area contributed by atoms with Gasteiger partial charge in [-0.3, -0.25) is 0 Å². The Labute approximate surface area is 202 Å². The summed E-state index contributed by atoms with van der Waals surface area (Å²) >= 11 is 6.26. The van der Waals surface area contributed by atoms with Crippen molar-refractivity contribution in [3.05, 3.63) is 99.5 Å². The fourth-order valence-electron chi connectivity index (χ4n) is 4.26. The van der Waals surface area contributed by atoms with Crippen LogP contribution in [0.1, 0.15) is 32.7 Å². The Balaban J connectivity index is 1.70. The lowest BCUT2D eigenvalue weighted by molar-refractivity contribution is 0.0684. The zero-order valence-corrected chi connectivity index (χ0v) is 19.8. The molecule has 0 bridgehead atoms. The summed E-state index contributed by atoms with van der Waals surface area (Å²) in [6, 6.07) is 17.9. The number of aromatic carboxylic acids is 1. The SMILES string of the molecule is COc1ccc2c(CNCCc3ccccc3C)c(C(=O)O)n(Cc3ccc(F)cc3Cl)c2c1. The van der Waals surface area contributed by atoms with Gasteiger partial charge in [-0.25, -0.2) is 9.18 Å². The number of methoxy groups -OCH3 is 1. The minimum atomic E-state index is -1.04. The number of ether oxygens (including phenoxy) is 1. The maximum atomic E-state index is 13.6. The molecule has 0 radical (unpaired) electrons. The van der Waals surface area contributed by atoms with Gasteiger partial charge in [-0.15, -0.1) is 0 Å². The molecule has 0 spiro atoms. The Hall–Kier alpha value is -3.35. The lowest BCUT2D eigenvalue weighted by atomic mass is 10.1. The molecule has 7 heteroatoms. The number of hydrogen-bond acceptors (Lipinski definition) is 3. The van der Waals surface area contributed by atoms with E-state index in [9.17, 15) is 14.3 Å². The molecule has 2 N–H and O–H groups in total. The van der Waals surface area contributed by atoms with Gasteiger partial charge in [-0.05, 0) is 60.8 Å². The number of aryl methyl sites for hydroxylation is 1. The lowest BCUT2D eigenvalue weighted by Crippen LogP contribution is -2.20. The Morgan fingerprint density at radius 1 is 1.12 bits per heavy atom. The molecular weight excluding hydrogens is 455 g/mol. The summed E-state index contributed by atoms with van der Waals surface area (Å²) in [5.41, 5.74) is 4.69. The largest absolute Gasteiger partial charge is 0.497 e. The number of nitrogens with zero attached hydrogens (tertiary/aromatic N) is 1. The van der Waals surface area contributed by atoms with Crippen LogP contribution in [0.15, 0.2) is 60.7 Å². The Bertz CT molecular complexity index is 1350. The summed E-state index contributed by atoms with van der Waals surface area (Å²) in [5, 5.41) is 14.6. The van der Waals surface area contributed by atoms with Crippen LogP contribution in [-0.4, -0.2) is 29.3 Å². The minimum absolute atomic E-state index is 0.173. The highest BCUT2D eigenvalue weighted by Crippen LogP contribution is 2.31. The maximum absolute atomic E-state index is 13.6. The van der Waals surface area contributed by atoms with Gasteiger partial charge in [0.1, 0.15) is 17.3 Å². The number of carbonyl (C=O) groups is 1. The molecule has 0 aliphatic rings. The van der Waals surface area contributed by atoms with Crippen LogP contribution in [0.2, 0.25) is 5.02 Å². The first-order valence-corrected chi connectivity index (χ1v) is 11.4. The van der Waals surface area contributed by atoms with Crippen molar-refractivity contribution >= 4 is 28.5 Å². The molecule has 3 aromatic carbocycles. The van der Waals surface area contributed by atoms with Crippen LogP contribution in [0.5, 0.6) is 5.75 Å². The van der Waals surface area contributed by atoms with Gasteiger partial charge in [0.2, 0.25) is 0 Å². The summed E-state index contributed by atoms with van der Waals surface area (Å²) < 4.78 is 20.6. The quantitative estimate of drug-likeness (QED) is 0.296. The van der Waals surface area contributed by atoms with E-state index in [1.54, 1.807) is 17.7 Å². The van der Waals surface area contributed by atoms with E-state index in [-0.39, 0.29) is 17.3 Å². The molecule has 0 atom stereocenters. The van der Waals surface area contributed by atoms with E-state index in [1.165, 1.54) is 23.3 Å². The molecule has 0 saturated carbocycles. The van der Waals surface area contributed by atoms with E-state index in [2.05, 4.69) is 24.4 Å². The molecule has 0 fully saturated rings.